The molecule has 3 atom stereocenters. The highest BCUT2D eigenvalue weighted by Crippen LogP contribution is 2.34. The fourth-order valence-electron chi connectivity index (χ4n) is 2.65. The lowest BCUT2D eigenvalue weighted by atomic mass is 10.0. The number of hydrogen-bond donors (Lipinski definition) is 3. The number of carbonyl (C=O) groups excluding carboxylic acids is 1. The molecule has 2 fully saturated rings. The summed E-state index contributed by atoms with van der Waals surface area (Å²) in [5, 5.41) is 10.3. The third-order valence-electron chi connectivity index (χ3n) is 3.61. The van der Waals surface area contributed by atoms with Gasteiger partial charge in [0.15, 0.2) is 0 Å². The van der Waals surface area contributed by atoms with E-state index in [9.17, 15) is 4.79 Å². The largest absolute Gasteiger partial charge is 0.367 e. The van der Waals surface area contributed by atoms with E-state index >= 15 is 0 Å². The van der Waals surface area contributed by atoms with Crippen LogP contribution in [0, 0.1) is 0 Å². The van der Waals surface area contributed by atoms with Crippen molar-refractivity contribution in [2.75, 3.05) is 12.3 Å². The topological polar surface area (TPSA) is 53.2 Å². The van der Waals surface area contributed by atoms with E-state index in [1.54, 1.807) is 6.08 Å². The van der Waals surface area contributed by atoms with E-state index in [1.165, 1.54) is 6.42 Å². The lowest BCUT2D eigenvalue weighted by Gasteiger charge is -2.17. The first-order valence-electron chi connectivity index (χ1n) is 6.92. The van der Waals surface area contributed by atoms with Crippen LogP contribution in [0.2, 0.25) is 0 Å². The molecule has 2 rings (SSSR count). The Kier molecular flexibility index (Phi) is 5.19. The smallest absolute Gasteiger partial charge is 0.220 e. The Morgan fingerprint density at radius 1 is 1.47 bits per heavy atom. The third-order valence-corrected chi connectivity index (χ3v) is 5.12. The maximum Gasteiger partial charge on any atom is 0.220 e. The van der Waals surface area contributed by atoms with Gasteiger partial charge in [0.1, 0.15) is 0 Å². The number of thioether (sulfide) groups is 1. The van der Waals surface area contributed by atoms with Crippen LogP contribution in [0.15, 0.2) is 25.1 Å². The van der Waals surface area contributed by atoms with Crippen LogP contribution in [0.1, 0.15) is 25.7 Å². The van der Waals surface area contributed by atoms with Crippen LogP contribution in [-0.4, -0.2) is 35.5 Å². The molecule has 106 valence electrons. The summed E-state index contributed by atoms with van der Waals surface area (Å²) in [6.07, 6.45) is 5.57. The Labute approximate surface area is 119 Å². The Morgan fingerprint density at radius 3 is 3.11 bits per heavy atom. The normalized spacial score (nSPS) is 28.4. The molecular weight excluding hydrogens is 258 g/mol. The van der Waals surface area contributed by atoms with Gasteiger partial charge in [-0.05, 0) is 12.8 Å². The van der Waals surface area contributed by atoms with E-state index in [0.717, 1.165) is 24.4 Å². The number of rotatable bonds is 7. The van der Waals surface area contributed by atoms with Crippen molar-refractivity contribution in [3.8, 4) is 0 Å². The predicted molar refractivity (Wildman–Crippen MR) is 80.9 cm³/mol. The van der Waals surface area contributed by atoms with Crippen molar-refractivity contribution >= 4 is 17.7 Å². The summed E-state index contributed by atoms with van der Waals surface area (Å²) < 4.78 is 0. The highest BCUT2D eigenvalue weighted by Gasteiger charge is 2.40. The molecule has 3 unspecified atom stereocenters. The van der Waals surface area contributed by atoms with Crippen molar-refractivity contribution in [2.24, 2.45) is 0 Å². The van der Waals surface area contributed by atoms with Crippen LogP contribution in [-0.2, 0) is 4.79 Å². The summed E-state index contributed by atoms with van der Waals surface area (Å²) in [7, 11) is 0. The number of fused-ring (bicyclic) bond motifs is 1. The maximum atomic E-state index is 11.4. The molecule has 0 spiro atoms. The van der Waals surface area contributed by atoms with Crippen LogP contribution >= 0.6 is 11.8 Å². The summed E-state index contributed by atoms with van der Waals surface area (Å²) in [6, 6.07) is 1.06. The Hall–Kier alpha value is -1.10. The van der Waals surface area contributed by atoms with Gasteiger partial charge in [0.2, 0.25) is 5.91 Å². The van der Waals surface area contributed by atoms with E-state index in [2.05, 4.69) is 29.1 Å². The lowest BCUT2D eigenvalue weighted by Crippen LogP contribution is -2.36. The van der Waals surface area contributed by atoms with Crippen molar-refractivity contribution in [3.05, 3.63) is 25.1 Å². The number of amides is 1. The minimum absolute atomic E-state index is 0.130. The van der Waals surface area contributed by atoms with Crippen LogP contribution in [0.25, 0.3) is 0 Å². The number of carbonyl (C=O) groups is 1. The molecule has 0 aliphatic carbocycles. The van der Waals surface area contributed by atoms with E-state index < -0.39 is 0 Å². The quantitative estimate of drug-likeness (QED) is 0.487. The lowest BCUT2D eigenvalue weighted by molar-refractivity contribution is -0.121. The third kappa shape index (κ3) is 3.93. The highest BCUT2D eigenvalue weighted by molar-refractivity contribution is 8.00. The van der Waals surface area contributed by atoms with Crippen molar-refractivity contribution in [1.29, 1.82) is 0 Å². The zero-order valence-corrected chi connectivity index (χ0v) is 12.1. The van der Waals surface area contributed by atoms with Crippen LogP contribution in [0.4, 0.5) is 0 Å². The fraction of sp³-hybridized carbons (Fsp3) is 0.643. The maximum absolute atomic E-state index is 11.4. The van der Waals surface area contributed by atoms with Gasteiger partial charge < -0.3 is 16.0 Å². The molecule has 4 nitrogen and oxygen atoms in total. The molecule has 0 aromatic heterocycles. The summed E-state index contributed by atoms with van der Waals surface area (Å²) in [5.74, 6) is 2.25. The minimum Gasteiger partial charge on any atom is -0.367 e. The molecule has 2 aliphatic rings. The first kappa shape index (κ1) is 14.3. The summed E-state index contributed by atoms with van der Waals surface area (Å²) >= 11 is 2.03. The standard InChI is InChI=1S/C14H23N3OS/c1-3-8-15-13(18)7-5-4-6-12-14-11(9-19-12)16-10(2)17-14/h3,11-12,14,16-17H,1-2,4-9H2,(H,15,18). The van der Waals surface area contributed by atoms with Crippen molar-refractivity contribution in [1.82, 2.24) is 16.0 Å². The second-order valence-corrected chi connectivity index (χ2v) is 6.38. The number of unbranched alkanes of at least 4 members (excludes halogenated alkanes) is 1. The molecule has 2 saturated heterocycles. The minimum atomic E-state index is 0.130. The monoisotopic (exact) mass is 281 g/mol. The van der Waals surface area contributed by atoms with Crippen LogP contribution in [0.3, 0.4) is 0 Å². The van der Waals surface area contributed by atoms with Gasteiger partial charge in [-0.3, -0.25) is 4.79 Å². The fourth-order valence-corrected chi connectivity index (χ4v) is 4.20. The zero-order valence-electron chi connectivity index (χ0n) is 11.3. The first-order chi connectivity index (χ1) is 9.20. The van der Waals surface area contributed by atoms with E-state index in [4.69, 9.17) is 0 Å². The molecule has 2 aliphatic heterocycles. The zero-order chi connectivity index (χ0) is 13.7. The molecule has 2 heterocycles. The Bertz CT molecular complexity index is 359. The summed E-state index contributed by atoms with van der Waals surface area (Å²) in [5.41, 5.74) is 0. The molecule has 0 bridgehead atoms. The highest BCUT2D eigenvalue weighted by atomic mass is 32.2. The molecule has 0 aromatic rings. The SMILES string of the molecule is C=CCNC(=O)CCCCC1SCC2NC(=C)NC21. The van der Waals surface area contributed by atoms with Crippen molar-refractivity contribution in [3.63, 3.8) is 0 Å². The number of hydrogen-bond acceptors (Lipinski definition) is 4. The molecule has 0 radical (unpaired) electrons. The molecule has 19 heavy (non-hydrogen) atoms. The molecule has 5 heteroatoms. The van der Waals surface area contributed by atoms with Gasteiger partial charge in [0.05, 0.1) is 17.9 Å². The van der Waals surface area contributed by atoms with Gasteiger partial charge in [-0.1, -0.05) is 19.1 Å². The molecular formula is C14H23N3OS. The predicted octanol–water partition coefficient (Wildman–Crippen LogP) is 1.37. The Morgan fingerprint density at radius 2 is 2.32 bits per heavy atom. The molecule has 0 aromatic carbocycles. The van der Waals surface area contributed by atoms with Gasteiger partial charge in [-0.2, -0.15) is 11.8 Å². The average molecular weight is 281 g/mol. The Balaban J connectivity index is 1.60. The van der Waals surface area contributed by atoms with Gasteiger partial charge in [0.25, 0.3) is 0 Å². The van der Waals surface area contributed by atoms with E-state index in [0.29, 0.717) is 30.3 Å². The first-order valence-corrected chi connectivity index (χ1v) is 7.96. The molecule has 3 N–H and O–H groups in total. The van der Waals surface area contributed by atoms with Crippen LogP contribution < -0.4 is 16.0 Å². The average Bonchev–Trinajstić information content (AvgIpc) is 2.92. The summed E-state index contributed by atoms with van der Waals surface area (Å²) in [6.45, 7) is 8.08. The molecule has 0 saturated carbocycles. The van der Waals surface area contributed by atoms with E-state index in [-0.39, 0.29) is 5.91 Å². The van der Waals surface area contributed by atoms with Gasteiger partial charge in [0, 0.05) is 24.0 Å². The van der Waals surface area contributed by atoms with E-state index in [1.807, 2.05) is 11.8 Å². The van der Waals surface area contributed by atoms with Gasteiger partial charge in [-0.15, -0.1) is 6.58 Å². The van der Waals surface area contributed by atoms with Gasteiger partial charge >= 0.3 is 0 Å². The van der Waals surface area contributed by atoms with Crippen LogP contribution in [0.5, 0.6) is 0 Å². The van der Waals surface area contributed by atoms with Crippen molar-refractivity contribution < 1.29 is 4.79 Å². The van der Waals surface area contributed by atoms with Gasteiger partial charge in [-0.25, -0.2) is 0 Å². The summed E-state index contributed by atoms with van der Waals surface area (Å²) in [4.78, 5) is 11.4. The second kappa shape index (κ2) is 6.89. The van der Waals surface area contributed by atoms with Crippen molar-refractivity contribution in [2.45, 2.75) is 43.0 Å². The molecule has 1 amide bonds. The number of nitrogens with one attached hydrogen (secondary N) is 3. The second-order valence-electron chi connectivity index (χ2n) is 5.11.